The maximum atomic E-state index is 11.6. The summed E-state index contributed by atoms with van der Waals surface area (Å²) < 4.78 is 10.6. The molecule has 0 aromatic carbocycles. The van der Waals surface area contributed by atoms with Crippen molar-refractivity contribution in [2.75, 3.05) is 6.61 Å². The van der Waals surface area contributed by atoms with Crippen LogP contribution in [-0.2, 0) is 11.3 Å². The molecular weight excluding hydrogens is 288 g/mol. The Hall–Kier alpha value is -1.95. The Kier molecular flexibility index (Phi) is 5.27. The molecule has 5 nitrogen and oxygen atoms in total. The van der Waals surface area contributed by atoms with Crippen LogP contribution in [0.3, 0.4) is 0 Å². The molecular formula is C15H18N2O3S. The standard InChI is InChI=1S/C15H18N2O3S/c1-4-19-15(18)12-7-11(5-6-16-12)20-8-14-17-13(9-21-14)10(2)3/h5-7,9-10H,4,8H2,1-3H3. The second-order valence-electron chi connectivity index (χ2n) is 4.71. The summed E-state index contributed by atoms with van der Waals surface area (Å²) in [7, 11) is 0. The Morgan fingerprint density at radius 1 is 1.43 bits per heavy atom. The Labute approximate surface area is 128 Å². The molecule has 0 fully saturated rings. The number of carbonyl (C=O) groups is 1. The first kappa shape index (κ1) is 15.4. The molecule has 0 radical (unpaired) electrons. The highest BCUT2D eigenvalue weighted by Crippen LogP contribution is 2.20. The second-order valence-corrected chi connectivity index (χ2v) is 5.65. The predicted molar refractivity (Wildman–Crippen MR) is 80.7 cm³/mol. The first-order valence-electron chi connectivity index (χ1n) is 6.80. The smallest absolute Gasteiger partial charge is 0.357 e. The minimum absolute atomic E-state index is 0.247. The number of nitrogens with zero attached hydrogens (tertiary/aromatic N) is 2. The maximum Gasteiger partial charge on any atom is 0.357 e. The van der Waals surface area contributed by atoms with E-state index in [1.807, 2.05) is 5.38 Å². The molecule has 112 valence electrons. The van der Waals surface area contributed by atoms with Gasteiger partial charge in [0.05, 0.1) is 12.3 Å². The molecule has 0 aliphatic rings. The van der Waals surface area contributed by atoms with Gasteiger partial charge in [0.15, 0.2) is 5.69 Å². The van der Waals surface area contributed by atoms with Gasteiger partial charge in [-0.3, -0.25) is 0 Å². The largest absolute Gasteiger partial charge is 0.486 e. The fraction of sp³-hybridized carbons (Fsp3) is 0.400. The van der Waals surface area contributed by atoms with Crippen LogP contribution in [-0.4, -0.2) is 22.5 Å². The van der Waals surface area contributed by atoms with Gasteiger partial charge in [-0.15, -0.1) is 11.3 Å². The highest BCUT2D eigenvalue weighted by molar-refractivity contribution is 7.09. The fourth-order valence-corrected chi connectivity index (χ4v) is 2.49. The highest BCUT2D eigenvalue weighted by atomic mass is 32.1. The van der Waals surface area contributed by atoms with Gasteiger partial charge in [0.25, 0.3) is 0 Å². The zero-order valence-electron chi connectivity index (χ0n) is 12.3. The minimum atomic E-state index is -0.445. The Morgan fingerprint density at radius 3 is 2.90 bits per heavy atom. The van der Waals surface area contributed by atoms with Gasteiger partial charge in [0, 0.05) is 17.6 Å². The topological polar surface area (TPSA) is 61.3 Å². The van der Waals surface area contributed by atoms with E-state index in [-0.39, 0.29) is 5.69 Å². The van der Waals surface area contributed by atoms with E-state index in [2.05, 4.69) is 23.8 Å². The molecule has 2 heterocycles. The van der Waals surface area contributed by atoms with Crippen molar-refractivity contribution in [2.45, 2.75) is 33.3 Å². The van der Waals surface area contributed by atoms with Crippen LogP contribution in [0.4, 0.5) is 0 Å². The van der Waals surface area contributed by atoms with Crippen molar-refractivity contribution >= 4 is 17.3 Å². The first-order chi connectivity index (χ1) is 10.1. The van der Waals surface area contributed by atoms with Gasteiger partial charge in [0.2, 0.25) is 0 Å². The average Bonchev–Trinajstić information content (AvgIpc) is 2.95. The van der Waals surface area contributed by atoms with Crippen LogP contribution in [0.2, 0.25) is 0 Å². The Morgan fingerprint density at radius 2 is 2.24 bits per heavy atom. The number of carbonyl (C=O) groups excluding carboxylic acids is 1. The molecule has 0 N–H and O–H groups in total. The third-order valence-corrected chi connectivity index (χ3v) is 3.58. The van der Waals surface area contributed by atoms with E-state index in [9.17, 15) is 4.79 Å². The van der Waals surface area contributed by atoms with Gasteiger partial charge in [-0.05, 0) is 18.9 Å². The molecule has 0 spiro atoms. The molecule has 0 bridgehead atoms. The van der Waals surface area contributed by atoms with Crippen LogP contribution in [0, 0.1) is 0 Å². The summed E-state index contributed by atoms with van der Waals surface area (Å²) >= 11 is 1.57. The van der Waals surface area contributed by atoms with Gasteiger partial charge in [-0.2, -0.15) is 0 Å². The molecule has 2 aromatic rings. The molecule has 0 saturated heterocycles. The third-order valence-electron chi connectivity index (χ3n) is 2.74. The second kappa shape index (κ2) is 7.17. The molecule has 0 saturated carbocycles. The van der Waals surface area contributed by atoms with Crippen molar-refractivity contribution < 1.29 is 14.3 Å². The zero-order chi connectivity index (χ0) is 15.2. The molecule has 0 aliphatic heterocycles. The summed E-state index contributed by atoms with van der Waals surface area (Å²) in [4.78, 5) is 20.1. The molecule has 0 atom stereocenters. The molecule has 6 heteroatoms. The molecule has 21 heavy (non-hydrogen) atoms. The zero-order valence-corrected chi connectivity index (χ0v) is 13.1. The molecule has 2 rings (SSSR count). The summed E-state index contributed by atoms with van der Waals surface area (Å²) in [6.07, 6.45) is 1.53. The number of aromatic nitrogens is 2. The number of hydrogen-bond acceptors (Lipinski definition) is 6. The van der Waals surface area contributed by atoms with Crippen LogP contribution >= 0.6 is 11.3 Å². The van der Waals surface area contributed by atoms with Crippen LogP contribution in [0.15, 0.2) is 23.7 Å². The van der Waals surface area contributed by atoms with Crippen molar-refractivity contribution in [3.8, 4) is 5.75 Å². The monoisotopic (exact) mass is 306 g/mol. The summed E-state index contributed by atoms with van der Waals surface area (Å²) in [6.45, 7) is 6.67. The van der Waals surface area contributed by atoms with Gasteiger partial charge < -0.3 is 9.47 Å². The summed E-state index contributed by atoms with van der Waals surface area (Å²) in [5.74, 6) is 0.542. The van der Waals surface area contributed by atoms with Gasteiger partial charge in [-0.1, -0.05) is 13.8 Å². The molecule has 0 unspecified atom stereocenters. The van der Waals surface area contributed by atoms with E-state index in [4.69, 9.17) is 9.47 Å². The first-order valence-corrected chi connectivity index (χ1v) is 7.68. The van der Waals surface area contributed by atoms with Gasteiger partial charge in [-0.25, -0.2) is 14.8 Å². The van der Waals surface area contributed by atoms with E-state index in [0.29, 0.717) is 24.9 Å². The number of esters is 1. The number of thiazole rings is 1. The Balaban J connectivity index is 1.99. The van der Waals surface area contributed by atoms with Gasteiger partial charge in [0.1, 0.15) is 17.4 Å². The fourth-order valence-electron chi connectivity index (χ4n) is 1.62. The average molecular weight is 306 g/mol. The van der Waals surface area contributed by atoms with E-state index in [1.165, 1.54) is 6.20 Å². The number of ether oxygens (including phenoxy) is 2. The summed E-state index contributed by atoms with van der Waals surface area (Å²) in [6, 6.07) is 3.29. The number of rotatable bonds is 6. The Bertz CT molecular complexity index is 610. The van der Waals surface area contributed by atoms with Crippen molar-refractivity contribution in [3.63, 3.8) is 0 Å². The van der Waals surface area contributed by atoms with E-state index in [1.54, 1.807) is 30.4 Å². The molecule has 2 aromatic heterocycles. The lowest BCUT2D eigenvalue weighted by molar-refractivity contribution is 0.0519. The summed E-state index contributed by atoms with van der Waals surface area (Å²) in [5.41, 5.74) is 1.32. The lowest BCUT2D eigenvalue weighted by Crippen LogP contribution is -2.07. The van der Waals surface area contributed by atoms with Gasteiger partial charge >= 0.3 is 5.97 Å². The third kappa shape index (κ3) is 4.26. The predicted octanol–water partition coefficient (Wildman–Crippen LogP) is 3.42. The number of pyridine rings is 1. The van der Waals surface area contributed by atoms with Crippen LogP contribution in [0.5, 0.6) is 5.75 Å². The lowest BCUT2D eigenvalue weighted by Gasteiger charge is -2.06. The molecule has 0 aliphatic carbocycles. The van der Waals surface area contributed by atoms with Crippen LogP contribution < -0.4 is 4.74 Å². The summed E-state index contributed by atoms with van der Waals surface area (Å²) in [5, 5.41) is 2.95. The van der Waals surface area contributed by atoms with Crippen LogP contribution in [0.25, 0.3) is 0 Å². The lowest BCUT2D eigenvalue weighted by atomic mass is 10.2. The normalized spacial score (nSPS) is 10.7. The van der Waals surface area contributed by atoms with Crippen molar-refractivity contribution in [2.24, 2.45) is 0 Å². The van der Waals surface area contributed by atoms with E-state index >= 15 is 0 Å². The highest BCUT2D eigenvalue weighted by Gasteiger charge is 2.10. The van der Waals surface area contributed by atoms with Crippen molar-refractivity contribution in [3.05, 3.63) is 40.1 Å². The number of hydrogen-bond donors (Lipinski definition) is 0. The van der Waals surface area contributed by atoms with E-state index in [0.717, 1.165) is 10.7 Å². The van der Waals surface area contributed by atoms with Crippen LogP contribution in [0.1, 0.15) is 47.9 Å². The SMILES string of the molecule is CCOC(=O)c1cc(OCc2nc(C(C)C)cs2)ccn1. The molecule has 0 amide bonds. The minimum Gasteiger partial charge on any atom is -0.486 e. The van der Waals surface area contributed by atoms with E-state index < -0.39 is 5.97 Å². The maximum absolute atomic E-state index is 11.6. The quantitative estimate of drug-likeness (QED) is 0.765. The van der Waals surface area contributed by atoms with Crippen molar-refractivity contribution in [1.82, 2.24) is 9.97 Å². The van der Waals surface area contributed by atoms with Crippen molar-refractivity contribution in [1.29, 1.82) is 0 Å².